The van der Waals surface area contributed by atoms with Crippen LogP contribution in [0.25, 0.3) is 0 Å². The molecule has 14 heavy (non-hydrogen) atoms. The standard InChI is InChI=1S/C9H16NO3P/c1-4-5-13-9(11)10-6-8(7-10)14(2,3)12/h4,8H,1,5-7H2,2-3H3. The van der Waals surface area contributed by atoms with E-state index in [4.69, 9.17) is 4.74 Å². The molecular weight excluding hydrogens is 201 g/mol. The maximum Gasteiger partial charge on any atom is 0.410 e. The van der Waals surface area contributed by atoms with Gasteiger partial charge in [0.25, 0.3) is 0 Å². The van der Waals surface area contributed by atoms with Crippen molar-refractivity contribution in [2.75, 3.05) is 33.0 Å². The van der Waals surface area contributed by atoms with E-state index < -0.39 is 7.14 Å². The Bertz CT molecular complexity index is 278. The Morgan fingerprint density at radius 2 is 2.21 bits per heavy atom. The Hall–Kier alpha value is -0.760. The molecule has 0 unspecified atom stereocenters. The number of carbonyl (C=O) groups excluding carboxylic acids is 1. The minimum atomic E-state index is -2.04. The van der Waals surface area contributed by atoms with Gasteiger partial charge in [-0.1, -0.05) is 12.7 Å². The lowest BCUT2D eigenvalue weighted by molar-refractivity contribution is 0.0906. The van der Waals surface area contributed by atoms with Gasteiger partial charge in [0.1, 0.15) is 6.61 Å². The van der Waals surface area contributed by atoms with Crippen LogP contribution in [0.2, 0.25) is 0 Å². The van der Waals surface area contributed by atoms with Gasteiger partial charge in [-0.25, -0.2) is 4.79 Å². The van der Waals surface area contributed by atoms with Gasteiger partial charge in [0.05, 0.1) is 7.14 Å². The molecule has 0 spiro atoms. The molecule has 1 fully saturated rings. The van der Waals surface area contributed by atoms with Crippen LogP contribution in [0, 0.1) is 0 Å². The molecule has 1 heterocycles. The van der Waals surface area contributed by atoms with Crippen LogP contribution in [-0.2, 0) is 9.30 Å². The first-order valence-corrected chi connectivity index (χ1v) is 7.19. The Kier molecular flexibility index (Phi) is 3.38. The molecule has 0 aromatic carbocycles. The van der Waals surface area contributed by atoms with Crippen molar-refractivity contribution < 1.29 is 14.1 Å². The van der Waals surface area contributed by atoms with Crippen LogP contribution in [0.3, 0.4) is 0 Å². The van der Waals surface area contributed by atoms with Crippen LogP contribution < -0.4 is 0 Å². The van der Waals surface area contributed by atoms with E-state index in [0.717, 1.165) is 0 Å². The van der Waals surface area contributed by atoms with E-state index in [1.165, 1.54) is 6.08 Å². The van der Waals surface area contributed by atoms with Crippen molar-refractivity contribution in [1.29, 1.82) is 0 Å². The zero-order valence-corrected chi connectivity index (χ0v) is 9.50. The molecule has 0 bridgehead atoms. The number of carbonyl (C=O) groups is 1. The maximum absolute atomic E-state index is 11.6. The van der Waals surface area contributed by atoms with Gasteiger partial charge in [0, 0.05) is 18.7 Å². The van der Waals surface area contributed by atoms with Gasteiger partial charge in [-0.2, -0.15) is 0 Å². The normalized spacial score (nSPS) is 17.4. The van der Waals surface area contributed by atoms with Crippen LogP contribution in [0.1, 0.15) is 0 Å². The quantitative estimate of drug-likeness (QED) is 0.533. The first kappa shape index (κ1) is 11.3. The summed E-state index contributed by atoms with van der Waals surface area (Å²) in [6.07, 6.45) is 1.19. The highest BCUT2D eigenvalue weighted by Crippen LogP contribution is 2.46. The fraction of sp³-hybridized carbons (Fsp3) is 0.667. The number of amides is 1. The van der Waals surface area contributed by atoms with Gasteiger partial charge in [-0.15, -0.1) is 0 Å². The van der Waals surface area contributed by atoms with E-state index in [1.54, 1.807) is 18.2 Å². The van der Waals surface area contributed by atoms with Crippen molar-refractivity contribution >= 4 is 13.2 Å². The highest BCUT2D eigenvalue weighted by molar-refractivity contribution is 7.63. The second kappa shape index (κ2) is 4.18. The van der Waals surface area contributed by atoms with Crippen LogP contribution >= 0.6 is 7.14 Å². The first-order chi connectivity index (χ1) is 6.45. The average molecular weight is 217 g/mol. The lowest BCUT2D eigenvalue weighted by atomic mass is 10.2. The van der Waals surface area contributed by atoms with Gasteiger partial charge in [-0.05, 0) is 13.3 Å². The number of hydrogen-bond acceptors (Lipinski definition) is 3. The van der Waals surface area contributed by atoms with Crippen LogP contribution in [-0.4, -0.2) is 49.7 Å². The van der Waals surface area contributed by atoms with Crippen molar-refractivity contribution in [3.63, 3.8) is 0 Å². The minimum absolute atomic E-state index is 0.152. The molecule has 80 valence electrons. The third-order valence-corrected chi connectivity index (χ3v) is 4.41. The first-order valence-electron chi connectivity index (χ1n) is 4.52. The zero-order chi connectivity index (χ0) is 10.8. The van der Waals surface area contributed by atoms with Crippen LogP contribution in [0.4, 0.5) is 4.79 Å². The monoisotopic (exact) mass is 217 g/mol. The summed E-state index contributed by atoms with van der Waals surface area (Å²) in [5, 5.41) is 0. The summed E-state index contributed by atoms with van der Waals surface area (Å²) in [7, 11) is -2.04. The number of rotatable bonds is 3. The predicted molar refractivity (Wildman–Crippen MR) is 56.4 cm³/mol. The van der Waals surface area contributed by atoms with Gasteiger partial charge in [0.15, 0.2) is 0 Å². The molecule has 1 aliphatic rings. The molecule has 0 N–H and O–H groups in total. The van der Waals surface area contributed by atoms with E-state index in [1.807, 2.05) is 0 Å². The number of nitrogens with zero attached hydrogens (tertiary/aromatic N) is 1. The van der Waals surface area contributed by atoms with E-state index in [2.05, 4.69) is 6.58 Å². The highest BCUT2D eigenvalue weighted by atomic mass is 31.2. The third-order valence-electron chi connectivity index (χ3n) is 2.32. The van der Waals surface area contributed by atoms with Gasteiger partial charge < -0.3 is 14.2 Å². The molecule has 0 aromatic heterocycles. The van der Waals surface area contributed by atoms with Gasteiger partial charge in [-0.3, -0.25) is 0 Å². The molecular formula is C9H16NO3P. The SMILES string of the molecule is C=CCOC(=O)N1CC(P(C)(C)=O)C1. The maximum atomic E-state index is 11.6. The van der Waals surface area contributed by atoms with Gasteiger partial charge >= 0.3 is 6.09 Å². The number of likely N-dealkylation sites (tertiary alicyclic amines) is 1. The summed E-state index contributed by atoms with van der Waals surface area (Å²) in [5.41, 5.74) is 0.152. The van der Waals surface area contributed by atoms with Crippen molar-refractivity contribution in [3.8, 4) is 0 Å². The second-order valence-electron chi connectivity index (χ2n) is 3.86. The summed E-state index contributed by atoms with van der Waals surface area (Å²) in [6.45, 7) is 8.30. The Morgan fingerprint density at radius 1 is 1.64 bits per heavy atom. The summed E-state index contributed by atoms with van der Waals surface area (Å²) in [5.74, 6) is 0. The Morgan fingerprint density at radius 3 is 2.64 bits per heavy atom. The Balaban J connectivity index is 2.30. The molecule has 0 atom stereocenters. The minimum Gasteiger partial charge on any atom is -0.445 e. The smallest absolute Gasteiger partial charge is 0.410 e. The van der Waals surface area contributed by atoms with E-state index >= 15 is 0 Å². The molecule has 4 nitrogen and oxygen atoms in total. The van der Waals surface area contributed by atoms with E-state index in [-0.39, 0.29) is 18.4 Å². The summed E-state index contributed by atoms with van der Waals surface area (Å²) < 4.78 is 16.4. The topological polar surface area (TPSA) is 46.6 Å². The van der Waals surface area contributed by atoms with Crippen molar-refractivity contribution in [3.05, 3.63) is 12.7 Å². The molecule has 5 heteroatoms. The summed E-state index contributed by atoms with van der Waals surface area (Å²) >= 11 is 0. The molecule has 0 aliphatic carbocycles. The average Bonchev–Trinajstić information content (AvgIpc) is 1.94. The molecule has 1 saturated heterocycles. The second-order valence-corrected chi connectivity index (χ2v) is 7.46. The van der Waals surface area contributed by atoms with E-state index in [9.17, 15) is 9.36 Å². The molecule has 0 radical (unpaired) electrons. The predicted octanol–water partition coefficient (Wildman–Crippen LogP) is 1.62. The Labute approximate surface area is 84.3 Å². The summed E-state index contributed by atoms with van der Waals surface area (Å²) in [4.78, 5) is 12.8. The van der Waals surface area contributed by atoms with E-state index in [0.29, 0.717) is 13.1 Å². The summed E-state index contributed by atoms with van der Waals surface area (Å²) in [6, 6.07) is 0. The largest absolute Gasteiger partial charge is 0.445 e. The van der Waals surface area contributed by atoms with Crippen molar-refractivity contribution in [1.82, 2.24) is 4.90 Å². The third kappa shape index (κ3) is 2.61. The van der Waals surface area contributed by atoms with Gasteiger partial charge in [0.2, 0.25) is 0 Å². The fourth-order valence-corrected chi connectivity index (χ4v) is 2.40. The highest BCUT2D eigenvalue weighted by Gasteiger charge is 2.38. The molecule has 1 amide bonds. The lowest BCUT2D eigenvalue weighted by Gasteiger charge is -2.40. The molecule has 1 aliphatic heterocycles. The van der Waals surface area contributed by atoms with Crippen molar-refractivity contribution in [2.45, 2.75) is 5.66 Å². The molecule has 1 rings (SSSR count). The fourth-order valence-electron chi connectivity index (χ4n) is 1.22. The number of ether oxygens (including phenoxy) is 1. The number of hydrogen-bond donors (Lipinski definition) is 0. The molecule has 0 saturated carbocycles. The zero-order valence-electron chi connectivity index (χ0n) is 8.60. The van der Waals surface area contributed by atoms with Crippen LogP contribution in [0.5, 0.6) is 0 Å². The molecule has 0 aromatic rings. The van der Waals surface area contributed by atoms with Crippen LogP contribution in [0.15, 0.2) is 12.7 Å². The lowest BCUT2D eigenvalue weighted by Crippen LogP contribution is -2.53. The van der Waals surface area contributed by atoms with Crippen molar-refractivity contribution in [2.24, 2.45) is 0 Å².